The van der Waals surface area contributed by atoms with Gasteiger partial charge in [0.15, 0.2) is 0 Å². The standard InChI is InChI=1S/C10H11N3O2/c1-13-8-5-3-2-4-7(8)12-9(13)6-11-10(14)15/h2-5,11H,6H2,1H3,(H,14,15). The van der Waals surface area contributed by atoms with Crippen LogP contribution in [0.3, 0.4) is 0 Å². The molecular formula is C10H11N3O2. The molecule has 0 aliphatic heterocycles. The normalized spacial score (nSPS) is 10.5. The number of hydrogen-bond acceptors (Lipinski definition) is 2. The number of carbonyl (C=O) groups is 1. The summed E-state index contributed by atoms with van der Waals surface area (Å²) >= 11 is 0. The molecule has 2 aromatic rings. The highest BCUT2D eigenvalue weighted by molar-refractivity contribution is 5.75. The molecule has 0 saturated heterocycles. The number of hydrogen-bond donors (Lipinski definition) is 2. The van der Waals surface area contributed by atoms with Crippen molar-refractivity contribution in [2.75, 3.05) is 0 Å². The Balaban J connectivity index is 2.36. The highest BCUT2D eigenvalue weighted by Crippen LogP contribution is 2.13. The Morgan fingerprint density at radius 2 is 2.27 bits per heavy atom. The van der Waals surface area contributed by atoms with E-state index in [1.807, 2.05) is 35.9 Å². The van der Waals surface area contributed by atoms with E-state index in [0.717, 1.165) is 11.0 Å². The molecule has 0 aliphatic carbocycles. The van der Waals surface area contributed by atoms with E-state index in [-0.39, 0.29) is 6.54 Å². The van der Waals surface area contributed by atoms with Crippen molar-refractivity contribution in [2.24, 2.45) is 7.05 Å². The Labute approximate surface area is 86.4 Å². The maximum Gasteiger partial charge on any atom is 0.405 e. The second kappa shape index (κ2) is 3.61. The molecule has 0 spiro atoms. The fourth-order valence-corrected chi connectivity index (χ4v) is 1.51. The van der Waals surface area contributed by atoms with Crippen LogP contribution >= 0.6 is 0 Å². The van der Waals surface area contributed by atoms with Crippen molar-refractivity contribution < 1.29 is 9.90 Å². The van der Waals surface area contributed by atoms with Crippen molar-refractivity contribution in [1.82, 2.24) is 14.9 Å². The number of nitrogens with zero attached hydrogens (tertiary/aromatic N) is 2. The summed E-state index contributed by atoms with van der Waals surface area (Å²) in [4.78, 5) is 14.7. The molecule has 1 aromatic carbocycles. The summed E-state index contributed by atoms with van der Waals surface area (Å²) in [6, 6.07) is 7.69. The van der Waals surface area contributed by atoms with Gasteiger partial charge in [0.1, 0.15) is 5.82 Å². The van der Waals surface area contributed by atoms with Crippen molar-refractivity contribution in [3.8, 4) is 0 Å². The SMILES string of the molecule is Cn1c(CNC(=O)O)nc2ccccc21. The molecule has 0 atom stereocenters. The second-order valence-electron chi connectivity index (χ2n) is 3.23. The lowest BCUT2D eigenvalue weighted by atomic mass is 10.3. The number of aryl methyl sites for hydroxylation is 1. The molecule has 2 rings (SSSR count). The van der Waals surface area contributed by atoms with Gasteiger partial charge in [-0.25, -0.2) is 9.78 Å². The number of rotatable bonds is 2. The van der Waals surface area contributed by atoms with E-state index >= 15 is 0 Å². The lowest BCUT2D eigenvalue weighted by molar-refractivity contribution is 0.193. The molecule has 1 aromatic heterocycles. The molecule has 0 bridgehead atoms. The van der Waals surface area contributed by atoms with E-state index in [4.69, 9.17) is 5.11 Å². The highest BCUT2D eigenvalue weighted by Gasteiger charge is 2.07. The summed E-state index contributed by atoms with van der Waals surface area (Å²) in [6.45, 7) is 0.223. The third-order valence-electron chi connectivity index (χ3n) is 2.28. The summed E-state index contributed by atoms with van der Waals surface area (Å²) in [7, 11) is 1.87. The van der Waals surface area contributed by atoms with Crippen LogP contribution in [-0.4, -0.2) is 20.8 Å². The van der Waals surface area contributed by atoms with Gasteiger partial charge in [-0.3, -0.25) is 0 Å². The molecule has 1 heterocycles. The Morgan fingerprint density at radius 3 is 2.93 bits per heavy atom. The maximum atomic E-state index is 10.4. The first-order valence-corrected chi connectivity index (χ1v) is 4.55. The predicted molar refractivity (Wildman–Crippen MR) is 55.6 cm³/mol. The molecule has 0 aliphatic rings. The zero-order valence-corrected chi connectivity index (χ0v) is 8.27. The topological polar surface area (TPSA) is 67.2 Å². The largest absolute Gasteiger partial charge is 0.465 e. The van der Waals surface area contributed by atoms with Crippen LogP contribution in [0.15, 0.2) is 24.3 Å². The zero-order chi connectivity index (χ0) is 10.8. The fourth-order valence-electron chi connectivity index (χ4n) is 1.51. The van der Waals surface area contributed by atoms with E-state index in [1.54, 1.807) is 0 Å². The minimum absolute atomic E-state index is 0.223. The molecule has 5 nitrogen and oxygen atoms in total. The van der Waals surface area contributed by atoms with Crippen molar-refractivity contribution in [3.63, 3.8) is 0 Å². The number of para-hydroxylation sites is 2. The van der Waals surface area contributed by atoms with Gasteiger partial charge in [-0.1, -0.05) is 12.1 Å². The lowest BCUT2D eigenvalue weighted by Gasteiger charge is -2.01. The predicted octanol–water partition coefficient (Wildman–Crippen LogP) is 1.34. The van der Waals surface area contributed by atoms with E-state index in [1.165, 1.54) is 0 Å². The first-order valence-electron chi connectivity index (χ1n) is 4.55. The molecule has 0 saturated carbocycles. The molecular weight excluding hydrogens is 194 g/mol. The quantitative estimate of drug-likeness (QED) is 0.777. The molecule has 15 heavy (non-hydrogen) atoms. The van der Waals surface area contributed by atoms with Gasteiger partial charge in [0.25, 0.3) is 0 Å². The summed E-state index contributed by atoms with van der Waals surface area (Å²) in [5.74, 6) is 0.707. The van der Waals surface area contributed by atoms with Crippen LogP contribution in [0.2, 0.25) is 0 Å². The number of imidazole rings is 1. The molecule has 2 N–H and O–H groups in total. The maximum absolute atomic E-state index is 10.4. The molecule has 0 fully saturated rings. The minimum atomic E-state index is -1.04. The highest BCUT2D eigenvalue weighted by atomic mass is 16.4. The number of carboxylic acid groups (broad SMARTS) is 1. The van der Waals surface area contributed by atoms with Gasteiger partial charge in [0.05, 0.1) is 17.6 Å². The number of aromatic nitrogens is 2. The van der Waals surface area contributed by atoms with Crippen LogP contribution in [0.25, 0.3) is 11.0 Å². The Morgan fingerprint density at radius 1 is 1.53 bits per heavy atom. The van der Waals surface area contributed by atoms with E-state index in [9.17, 15) is 4.79 Å². The minimum Gasteiger partial charge on any atom is -0.465 e. The van der Waals surface area contributed by atoms with Gasteiger partial charge in [0.2, 0.25) is 0 Å². The number of benzene rings is 1. The second-order valence-corrected chi connectivity index (χ2v) is 3.23. The molecule has 0 radical (unpaired) electrons. The first-order chi connectivity index (χ1) is 7.18. The van der Waals surface area contributed by atoms with Crippen molar-refractivity contribution in [1.29, 1.82) is 0 Å². The third kappa shape index (κ3) is 1.76. The van der Waals surface area contributed by atoms with Crippen LogP contribution in [-0.2, 0) is 13.6 Å². The van der Waals surface area contributed by atoms with E-state index < -0.39 is 6.09 Å². The summed E-state index contributed by atoms with van der Waals surface area (Å²) < 4.78 is 1.88. The molecule has 5 heteroatoms. The van der Waals surface area contributed by atoms with Crippen molar-refractivity contribution in [2.45, 2.75) is 6.54 Å². The Kier molecular flexibility index (Phi) is 2.29. The Hall–Kier alpha value is -2.04. The number of nitrogens with one attached hydrogen (secondary N) is 1. The van der Waals surface area contributed by atoms with Gasteiger partial charge in [0, 0.05) is 7.05 Å². The lowest BCUT2D eigenvalue weighted by Crippen LogP contribution is -2.21. The monoisotopic (exact) mass is 205 g/mol. The zero-order valence-electron chi connectivity index (χ0n) is 8.27. The molecule has 1 amide bonds. The van der Waals surface area contributed by atoms with Gasteiger partial charge in [-0.2, -0.15) is 0 Å². The number of fused-ring (bicyclic) bond motifs is 1. The van der Waals surface area contributed by atoms with Gasteiger partial charge < -0.3 is 15.0 Å². The number of amides is 1. The smallest absolute Gasteiger partial charge is 0.405 e. The van der Waals surface area contributed by atoms with Crippen LogP contribution in [0.1, 0.15) is 5.82 Å². The summed E-state index contributed by atoms with van der Waals surface area (Å²) in [5.41, 5.74) is 1.88. The van der Waals surface area contributed by atoms with E-state index in [0.29, 0.717) is 5.82 Å². The first kappa shape index (κ1) is 9.51. The van der Waals surface area contributed by atoms with E-state index in [2.05, 4.69) is 10.3 Å². The van der Waals surface area contributed by atoms with Crippen LogP contribution < -0.4 is 5.32 Å². The average Bonchev–Trinajstić information content (AvgIpc) is 2.54. The van der Waals surface area contributed by atoms with Crippen LogP contribution in [0, 0.1) is 0 Å². The molecule has 78 valence electrons. The van der Waals surface area contributed by atoms with Crippen LogP contribution in [0.5, 0.6) is 0 Å². The average molecular weight is 205 g/mol. The molecule has 0 unspecified atom stereocenters. The van der Waals surface area contributed by atoms with Gasteiger partial charge in [-0.15, -0.1) is 0 Å². The van der Waals surface area contributed by atoms with Crippen molar-refractivity contribution in [3.05, 3.63) is 30.1 Å². The summed E-state index contributed by atoms with van der Waals surface area (Å²) in [5, 5.41) is 10.8. The summed E-state index contributed by atoms with van der Waals surface area (Å²) in [6.07, 6.45) is -1.04. The van der Waals surface area contributed by atoms with Crippen molar-refractivity contribution >= 4 is 17.1 Å². The fraction of sp³-hybridized carbons (Fsp3) is 0.200. The van der Waals surface area contributed by atoms with Gasteiger partial charge >= 0.3 is 6.09 Å². The van der Waals surface area contributed by atoms with Gasteiger partial charge in [-0.05, 0) is 12.1 Å². The third-order valence-corrected chi connectivity index (χ3v) is 2.28. The Bertz CT molecular complexity index is 504. The van der Waals surface area contributed by atoms with Crippen LogP contribution in [0.4, 0.5) is 4.79 Å².